The van der Waals surface area contributed by atoms with Crippen molar-refractivity contribution in [2.75, 3.05) is 37.6 Å². The molecule has 15 heavy (non-hydrogen) atoms. The SMILES string of the molecule is C[C@H](O)CN1CCN(c2nccs2)CC1. The molecule has 1 fully saturated rings. The fraction of sp³-hybridized carbons (Fsp3) is 0.700. The predicted octanol–water partition coefficient (Wildman–Crippen LogP) is 0.646. The van der Waals surface area contributed by atoms with Crippen molar-refractivity contribution in [2.24, 2.45) is 0 Å². The van der Waals surface area contributed by atoms with Gasteiger partial charge in [-0.25, -0.2) is 4.98 Å². The van der Waals surface area contributed by atoms with Crippen LogP contribution in [-0.4, -0.2) is 53.8 Å². The molecule has 1 N–H and O–H groups in total. The predicted molar refractivity (Wildman–Crippen MR) is 62.4 cm³/mol. The van der Waals surface area contributed by atoms with Crippen LogP contribution in [0.3, 0.4) is 0 Å². The number of thiazole rings is 1. The zero-order chi connectivity index (χ0) is 10.7. The highest BCUT2D eigenvalue weighted by Gasteiger charge is 2.18. The third kappa shape index (κ3) is 2.90. The van der Waals surface area contributed by atoms with Gasteiger partial charge in [0.1, 0.15) is 0 Å². The van der Waals surface area contributed by atoms with E-state index in [-0.39, 0.29) is 6.10 Å². The first-order valence-electron chi connectivity index (χ1n) is 5.30. The first-order chi connectivity index (χ1) is 7.25. The van der Waals surface area contributed by atoms with Gasteiger partial charge in [0.25, 0.3) is 0 Å². The van der Waals surface area contributed by atoms with Gasteiger partial charge in [0.2, 0.25) is 0 Å². The van der Waals surface area contributed by atoms with Gasteiger partial charge in [0, 0.05) is 44.3 Å². The first-order valence-corrected chi connectivity index (χ1v) is 6.18. The molecular weight excluding hydrogens is 210 g/mol. The van der Waals surface area contributed by atoms with Crippen LogP contribution in [0.4, 0.5) is 5.13 Å². The Bertz CT molecular complexity index is 281. The number of aliphatic hydroxyl groups excluding tert-OH is 1. The third-order valence-electron chi connectivity index (χ3n) is 2.58. The summed E-state index contributed by atoms with van der Waals surface area (Å²) in [4.78, 5) is 8.91. The Morgan fingerprint density at radius 2 is 2.20 bits per heavy atom. The molecule has 2 rings (SSSR count). The maximum Gasteiger partial charge on any atom is 0.185 e. The van der Waals surface area contributed by atoms with Gasteiger partial charge in [-0.1, -0.05) is 0 Å². The second-order valence-corrected chi connectivity index (χ2v) is 4.82. The Labute approximate surface area is 94.2 Å². The quantitative estimate of drug-likeness (QED) is 0.823. The molecule has 0 aliphatic carbocycles. The maximum absolute atomic E-state index is 9.29. The number of piperazine rings is 1. The summed E-state index contributed by atoms with van der Waals surface area (Å²) < 4.78 is 0. The molecule has 0 bridgehead atoms. The number of aromatic nitrogens is 1. The van der Waals surface area contributed by atoms with E-state index in [0.29, 0.717) is 0 Å². The van der Waals surface area contributed by atoms with Gasteiger partial charge >= 0.3 is 0 Å². The van der Waals surface area contributed by atoms with E-state index in [1.54, 1.807) is 11.3 Å². The lowest BCUT2D eigenvalue weighted by atomic mass is 10.3. The van der Waals surface area contributed by atoms with E-state index in [9.17, 15) is 5.11 Å². The largest absolute Gasteiger partial charge is 0.392 e. The summed E-state index contributed by atoms with van der Waals surface area (Å²) in [6, 6.07) is 0. The minimum atomic E-state index is -0.226. The third-order valence-corrected chi connectivity index (χ3v) is 3.42. The normalized spacial score (nSPS) is 20.5. The summed E-state index contributed by atoms with van der Waals surface area (Å²) >= 11 is 1.69. The van der Waals surface area contributed by atoms with Gasteiger partial charge < -0.3 is 10.0 Å². The van der Waals surface area contributed by atoms with Crippen molar-refractivity contribution in [3.05, 3.63) is 11.6 Å². The van der Waals surface area contributed by atoms with Gasteiger partial charge in [-0.3, -0.25) is 4.90 Å². The Morgan fingerprint density at radius 3 is 2.73 bits per heavy atom. The summed E-state index contributed by atoms with van der Waals surface area (Å²) in [6.07, 6.45) is 1.62. The Hall–Kier alpha value is -0.650. The molecule has 0 aromatic carbocycles. The summed E-state index contributed by atoms with van der Waals surface area (Å²) in [5.41, 5.74) is 0. The second-order valence-electron chi connectivity index (χ2n) is 3.95. The number of hydrogen-bond donors (Lipinski definition) is 1. The van der Waals surface area contributed by atoms with Crippen molar-refractivity contribution in [1.29, 1.82) is 0 Å². The summed E-state index contributed by atoms with van der Waals surface area (Å²) in [5, 5.41) is 12.4. The molecule has 2 heterocycles. The fourth-order valence-electron chi connectivity index (χ4n) is 1.87. The summed E-state index contributed by atoms with van der Waals surface area (Å²) in [7, 11) is 0. The molecule has 0 spiro atoms. The number of anilines is 1. The molecule has 1 aromatic heterocycles. The summed E-state index contributed by atoms with van der Waals surface area (Å²) in [5.74, 6) is 0. The topological polar surface area (TPSA) is 39.6 Å². The molecule has 0 amide bonds. The first kappa shape index (κ1) is 10.9. The van der Waals surface area contributed by atoms with Crippen molar-refractivity contribution in [2.45, 2.75) is 13.0 Å². The highest BCUT2D eigenvalue weighted by atomic mass is 32.1. The molecule has 0 unspecified atom stereocenters. The zero-order valence-electron chi connectivity index (χ0n) is 8.96. The number of β-amino-alcohol motifs (C(OH)–C–C–N with tert-alkyl or cyclic N) is 1. The number of hydrogen-bond acceptors (Lipinski definition) is 5. The van der Waals surface area contributed by atoms with Crippen molar-refractivity contribution >= 4 is 16.5 Å². The monoisotopic (exact) mass is 227 g/mol. The standard InChI is InChI=1S/C10H17N3OS/c1-9(14)8-12-3-5-13(6-4-12)10-11-2-7-15-10/h2,7,9,14H,3-6,8H2,1H3/t9-/m0/s1. The van der Waals surface area contributed by atoms with E-state index in [1.165, 1.54) is 0 Å². The van der Waals surface area contributed by atoms with Gasteiger partial charge in [-0.2, -0.15) is 0 Å². The highest BCUT2D eigenvalue weighted by Crippen LogP contribution is 2.18. The molecule has 1 aliphatic rings. The minimum absolute atomic E-state index is 0.226. The molecule has 0 radical (unpaired) electrons. The lowest BCUT2D eigenvalue weighted by molar-refractivity contribution is 0.122. The van der Waals surface area contributed by atoms with E-state index in [4.69, 9.17) is 0 Å². The average molecular weight is 227 g/mol. The fourth-order valence-corrected chi connectivity index (χ4v) is 2.56. The van der Waals surface area contributed by atoms with Crippen LogP contribution in [-0.2, 0) is 0 Å². The Kier molecular flexibility index (Phi) is 3.56. The van der Waals surface area contributed by atoms with Gasteiger partial charge in [0.05, 0.1) is 6.10 Å². The van der Waals surface area contributed by atoms with Gasteiger partial charge in [-0.15, -0.1) is 11.3 Å². The second kappa shape index (κ2) is 4.92. The van der Waals surface area contributed by atoms with E-state index < -0.39 is 0 Å². The maximum atomic E-state index is 9.29. The van der Waals surface area contributed by atoms with Crippen LogP contribution in [0.1, 0.15) is 6.92 Å². The van der Waals surface area contributed by atoms with Crippen LogP contribution >= 0.6 is 11.3 Å². The van der Waals surface area contributed by atoms with Crippen LogP contribution in [0.15, 0.2) is 11.6 Å². The van der Waals surface area contributed by atoms with Crippen LogP contribution in [0, 0.1) is 0 Å². The molecule has 5 heteroatoms. The van der Waals surface area contributed by atoms with Crippen LogP contribution in [0.5, 0.6) is 0 Å². The Balaban J connectivity index is 1.82. The summed E-state index contributed by atoms with van der Waals surface area (Å²) in [6.45, 7) is 6.69. The number of rotatable bonds is 3. The lowest BCUT2D eigenvalue weighted by Crippen LogP contribution is -2.48. The van der Waals surface area contributed by atoms with E-state index >= 15 is 0 Å². The molecule has 0 saturated carbocycles. The van der Waals surface area contributed by atoms with E-state index in [1.807, 2.05) is 18.5 Å². The Morgan fingerprint density at radius 1 is 1.47 bits per heavy atom. The van der Waals surface area contributed by atoms with E-state index in [2.05, 4.69) is 14.8 Å². The molecule has 1 saturated heterocycles. The average Bonchev–Trinajstić information content (AvgIpc) is 2.71. The number of aliphatic hydroxyl groups is 1. The molecule has 4 nitrogen and oxygen atoms in total. The minimum Gasteiger partial charge on any atom is -0.392 e. The molecule has 1 aliphatic heterocycles. The van der Waals surface area contributed by atoms with Crippen LogP contribution in [0.25, 0.3) is 0 Å². The van der Waals surface area contributed by atoms with Crippen molar-refractivity contribution in [3.63, 3.8) is 0 Å². The molecular formula is C10H17N3OS. The zero-order valence-corrected chi connectivity index (χ0v) is 9.78. The smallest absolute Gasteiger partial charge is 0.185 e. The van der Waals surface area contributed by atoms with Crippen LogP contribution < -0.4 is 4.90 Å². The van der Waals surface area contributed by atoms with Crippen molar-refractivity contribution < 1.29 is 5.11 Å². The van der Waals surface area contributed by atoms with Gasteiger partial charge in [0.15, 0.2) is 5.13 Å². The molecule has 84 valence electrons. The van der Waals surface area contributed by atoms with Crippen LogP contribution in [0.2, 0.25) is 0 Å². The van der Waals surface area contributed by atoms with E-state index in [0.717, 1.165) is 37.9 Å². The highest BCUT2D eigenvalue weighted by molar-refractivity contribution is 7.13. The van der Waals surface area contributed by atoms with Crippen molar-refractivity contribution in [1.82, 2.24) is 9.88 Å². The molecule has 1 atom stereocenters. The lowest BCUT2D eigenvalue weighted by Gasteiger charge is -2.35. The number of nitrogens with zero attached hydrogens (tertiary/aromatic N) is 3. The molecule has 1 aromatic rings. The van der Waals surface area contributed by atoms with Gasteiger partial charge in [-0.05, 0) is 6.92 Å². The van der Waals surface area contributed by atoms with Crippen molar-refractivity contribution in [3.8, 4) is 0 Å².